The molecule has 0 aromatic rings. The van der Waals surface area contributed by atoms with Gasteiger partial charge in [-0.2, -0.15) is 0 Å². The van der Waals surface area contributed by atoms with Crippen molar-refractivity contribution >= 4 is 0 Å². The summed E-state index contributed by atoms with van der Waals surface area (Å²) in [6.45, 7) is 10.0. The fourth-order valence-electron chi connectivity index (χ4n) is 3.30. The zero-order valence-electron chi connectivity index (χ0n) is 19.9. The molecular formula is C25H52O4. The lowest BCUT2D eigenvalue weighted by molar-refractivity contribution is -0.00206. The van der Waals surface area contributed by atoms with Crippen LogP contribution in [0.4, 0.5) is 0 Å². The van der Waals surface area contributed by atoms with E-state index in [9.17, 15) is 0 Å². The van der Waals surface area contributed by atoms with Crippen LogP contribution in [0.25, 0.3) is 0 Å². The van der Waals surface area contributed by atoms with E-state index in [0.29, 0.717) is 39.6 Å². The van der Waals surface area contributed by atoms with E-state index in [1.807, 2.05) is 0 Å². The first-order chi connectivity index (χ1) is 14.4. The highest BCUT2D eigenvalue weighted by Gasteiger charge is 1.95. The maximum absolute atomic E-state index is 5.63. The van der Waals surface area contributed by atoms with E-state index >= 15 is 0 Å². The minimum Gasteiger partial charge on any atom is -0.379 e. The lowest BCUT2D eigenvalue weighted by atomic mass is 10.0. The summed E-state index contributed by atoms with van der Waals surface area (Å²) in [5.74, 6) is 0. The Bertz CT molecular complexity index is 248. The molecule has 0 N–H and O–H groups in total. The Balaban J connectivity index is 2.97. The van der Waals surface area contributed by atoms with E-state index < -0.39 is 0 Å². The molecule has 176 valence electrons. The molecule has 0 fully saturated rings. The molecule has 0 aliphatic rings. The van der Waals surface area contributed by atoms with Crippen LogP contribution in [0.2, 0.25) is 0 Å². The van der Waals surface area contributed by atoms with Crippen LogP contribution in [0, 0.1) is 0 Å². The number of hydrogen-bond acceptors (Lipinski definition) is 4. The van der Waals surface area contributed by atoms with Gasteiger partial charge in [-0.15, -0.1) is 0 Å². The van der Waals surface area contributed by atoms with Gasteiger partial charge in [-0.05, 0) is 12.8 Å². The fraction of sp³-hybridized carbons (Fsp3) is 1.00. The van der Waals surface area contributed by atoms with Gasteiger partial charge in [0.1, 0.15) is 0 Å². The summed E-state index contributed by atoms with van der Waals surface area (Å²) in [7, 11) is 0. The van der Waals surface area contributed by atoms with Gasteiger partial charge in [-0.3, -0.25) is 0 Å². The molecule has 0 rings (SSSR count). The molecule has 0 aliphatic heterocycles. The number of unbranched alkanes of at least 4 members (excludes halogenated alkanes) is 13. The van der Waals surface area contributed by atoms with Crippen molar-refractivity contribution < 1.29 is 18.9 Å². The first kappa shape index (κ1) is 28.8. The normalized spacial score (nSPS) is 11.4. The average Bonchev–Trinajstić information content (AvgIpc) is 2.74. The summed E-state index contributed by atoms with van der Waals surface area (Å²) < 4.78 is 21.9. The van der Waals surface area contributed by atoms with Gasteiger partial charge >= 0.3 is 0 Å². The topological polar surface area (TPSA) is 36.9 Å². The molecule has 4 heteroatoms. The molecule has 0 saturated heterocycles. The van der Waals surface area contributed by atoms with Crippen LogP contribution in [0.15, 0.2) is 0 Å². The Hall–Kier alpha value is -0.160. The molecule has 0 unspecified atom stereocenters. The Morgan fingerprint density at radius 1 is 0.276 bits per heavy atom. The van der Waals surface area contributed by atoms with Crippen LogP contribution in [0.3, 0.4) is 0 Å². The van der Waals surface area contributed by atoms with Gasteiger partial charge in [0.2, 0.25) is 0 Å². The van der Waals surface area contributed by atoms with Crippen molar-refractivity contribution in [3.63, 3.8) is 0 Å². The molecule has 0 aliphatic carbocycles. The Kier molecular flexibility index (Phi) is 27.7. The van der Waals surface area contributed by atoms with Gasteiger partial charge in [0.25, 0.3) is 0 Å². The van der Waals surface area contributed by atoms with Crippen molar-refractivity contribution in [1.82, 2.24) is 0 Å². The molecular weight excluding hydrogens is 364 g/mol. The van der Waals surface area contributed by atoms with Crippen molar-refractivity contribution in [3.8, 4) is 0 Å². The van der Waals surface area contributed by atoms with Crippen molar-refractivity contribution in [2.45, 2.75) is 110 Å². The molecule has 0 aromatic carbocycles. The largest absolute Gasteiger partial charge is 0.379 e. The first-order valence-corrected chi connectivity index (χ1v) is 12.7. The lowest BCUT2D eigenvalue weighted by Gasteiger charge is -2.07. The smallest absolute Gasteiger partial charge is 0.0701 e. The summed E-state index contributed by atoms with van der Waals surface area (Å²) >= 11 is 0. The Morgan fingerprint density at radius 2 is 0.586 bits per heavy atom. The molecule has 0 saturated carbocycles. The standard InChI is InChI=1S/C25H52O4/c1-3-5-6-7-8-9-10-11-12-13-14-15-16-17-19-27-21-23-29-25-24-28-22-20-26-18-4-2/h3-25H2,1-2H3. The van der Waals surface area contributed by atoms with Crippen molar-refractivity contribution in [3.05, 3.63) is 0 Å². The van der Waals surface area contributed by atoms with Gasteiger partial charge in [0, 0.05) is 13.2 Å². The maximum atomic E-state index is 5.63. The van der Waals surface area contributed by atoms with Crippen LogP contribution in [-0.2, 0) is 18.9 Å². The molecule has 0 atom stereocenters. The van der Waals surface area contributed by atoms with Crippen LogP contribution >= 0.6 is 0 Å². The van der Waals surface area contributed by atoms with Crippen LogP contribution in [0.5, 0.6) is 0 Å². The third kappa shape index (κ3) is 27.8. The zero-order valence-corrected chi connectivity index (χ0v) is 19.9. The molecule has 4 nitrogen and oxygen atoms in total. The van der Waals surface area contributed by atoms with Crippen LogP contribution in [-0.4, -0.2) is 52.9 Å². The minimum absolute atomic E-state index is 0.633. The van der Waals surface area contributed by atoms with Crippen molar-refractivity contribution in [2.75, 3.05) is 52.9 Å². The minimum atomic E-state index is 0.633. The van der Waals surface area contributed by atoms with Gasteiger partial charge in [-0.25, -0.2) is 0 Å². The van der Waals surface area contributed by atoms with Crippen molar-refractivity contribution in [1.29, 1.82) is 0 Å². The van der Waals surface area contributed by atoms with Gasteiger partial charge in [0.05, 0.1) is 39.6 Å². The highest BCUT2D eigenvalue weighted by atomic mass is 16.6. The third-order valence-corrected chi connectivity index (χ3v) is 5.11. The molecule has 0 amide bonds. The molecule has 0 spiro atoms. The van der Waals surface area contributed by atoms with E-state index in [4.69, 9.17) is 18.9 Å². The SMILES string of the molecule is CCCCCCCCCCCCCCCCOCCOCCOCCOCCC. The van der Waals surface area contributed by atoms with Gasteiger partial charge in [-0.1, -0.05) is 97.3 Å². The number of ether oxygens (including phenoxy) is 4. The van der Waals surface area contributed by atoms with E-state index in [2.05, 4.69) is 13.8 Å². The Morgan fingerprint density at radius 3 is 0.966 bits per heavy atom. The van der Waals surface area contributed by atoms with Gasteiger partial charge in [0.15, 0.2) is 0 Å². The monoisotopic (exact) mass is 416 g/mol. The quantitative estimate of drug-likeness (QED) is 0.143. The molecule has 0 bridgehead atoms. The number of rotatable bonds is 26. The molecule has 0 aromatic heterocycles. The fourth-order valence-corrected chi connectivity index (χ4v) is 3.30. The zero-order chi connectivity index (χ0) is 21.1. The van der Waals surface area contributed by atoms with E-state index in [1.165, 1.54) is 89.9 Å². The molecule has 0 heterocycles. The summed E-state index contributed by atoms with van der Waals surface area (Å²) in [6, 6.07) is 0. The van der Waals surface area contributed by atoms with Crippen LogP contribution in [0.1, 0.15) is 110 Å². The van der Waals surface area contributed by atoms with Crippen LogP contribution < -0.4 is 0 Å². The summed E-state index contributed by atoms with van der Waals surface area (Å²) in [5.41, 5.74) is 0. The van der Waals surface area contributed by atoms with Gasteiger partial charge < -0.3 is 18.9 Å². The summed E-state index contributed by atoms with van der Waals surface area (Å²) in [5, 5.41) is 0. The second-order valence-corrected chi connectivity index (χ2v) is 8.05. The Labute approximate surface area is 182 Å². The second kappa shape index (κ2) is 27.8. The molecule has 29 heavy (non-hydrogen) atoms. The maximum Gasteiger partial charge on any atom is 0.0701 e. The predicted molar refractivity (Wildman–Crippen MR) is 124 cm³/mol. The molecule has 0 radical (unpaired) electrons. The predicted octanol–water partition coefficient (Wildman–Crippen LogP) is 6.94. The van der Waals surface area contributed by atoms with E-state index in [1.54, 1.807) is 0 Å². The number of hydrogen-bond donors (Lipinski definition) is 0. The lowest BCUT2D eigenvalue weighted by Crippen LogP contribution is -2.12. The summed E-state index contributed by atoms with van der Waals surface area (Å²) in [4.78, 5) is 0. The summed E-state index contributed by atoms with van der Waals surface area (Å²) in [6.07, 6.45) is 20.6. The average molecular weight is 417 g/mol. The van der Waals surface area contributed by atoms with E-state index in [0.717, 1.165) is 19.6 Å². The highest BCUT2D eigenvalue weighted by molar-refractivity contribution is 4.49. The van der Waals surface area contributed by atoms with E-state index in [-0.39, 0.29) is 0 Å². The second-order valence-electron chi connectivity index (χ2n) is 8.05. The first-order valence-electron chi connectivity index (χ1n) is 12.7. The van der Waals surface area contributed by atoms with Crippen molar-refractivity contribution in [2.24, 2.45) is 0 Å². The third-order valence-electron chi connectivity index (χ3n) is 5.11. The highest BCUT2D eigenvalue weighted by Crippen LogP contribution is 2.12.